The number of carbonyl (C=O) groups is 1. The molecule has 0 atom stereocenters. The highest BCUT2D eigenvalue weighted by atomic mass is 16.5. The van der Waals surface area contributed by atoms with Gasteiger partial charge in [-0.25, -0.2) is 4.98 Å². The number of furan rings is 1. The molecule has 2 aromatic carbocycles. The molecule has 0 radical (unpaired) electrons. The zero-order chi connectivity index (χ0) is 21.1. The molecular weight excluding hydrogens is 386 g/mol. The SMILES string of the molecule is COc1ccc(OC)c(-n2cnc3cc(C(=O)NCc4ccco4)ccc3c2=O)c1. The number of nitrogens with one attached hydrogen (secondary N) is 1. The number of hydrogen-bond acceptors (Lipinski definition) is 6. The summed E-state index contributed by atoms with van der Waals surface area (Å²) in [5.41, 5.74) is 1.05. The van der Waals surface area contributed by atoms with Crippen molar-refractivity contribution >= 4 is 16.8 Å². The number of hydrogen-bond donors (Lipinski definition) is 1. The third-order valence-electron chi connectivity index (χ3n) is 4.67. The molecule has 0 saturated carbocycles. The predicted molar refractivity (Wildman–Crippen MR) is 110 cm³/mol. The summed E-state index contributed by atoms with van der Waals surface area (Å²) in [5.74, 6) is 1.46. The number of carbonyl (C=O) groups excluding carboxylic acids is 1. The number of nitrogens with zero attached hydrogens (tertiary/aromatic N) is 2. The molecule has 8 nitrogen and oxygen atoms in total. The van der Waals surface area contributed by atoms with Gasteiger partial charge in [-0.1, -0.05) is 0 Å². The molecule has 0 aliphatic heterocycles. The van der Waals surface area contributed by atoms with Crippen LogP contribution in [0.15, 0.2) is 70.3 Å². The Morgan fingerprint density at radius 3 is 2.73 bits per heavy atom. The van der Waals surface area contributed by atoms with E-state index >= 15 is 0 Å². The van der Waals surface area contributed by atoms with Crippen molar-refractivity contribution in [2.75, 3.05) is 14.2 Å². The fourth-order valence-electron chi connectivity index (χ4n) is 3.10. The summed E-state index contributed by atoms with van der Waals surface area (Å²) >= 11 is 0. The minimum atomic E-state index is -0.284. The summed E-state index contributed by atoms with van der Waals surface area (Å²) in [6.45, 7) is 0.272. The Balaban J connectivity index is 1.68. The first-order chi connectivity index (χ1) is 14.6. The van der Waals surface area contributed by atoms with Crippen molar-refractivity contribution in [2.45, 2.75) is 6.54 Å². The lowest BCUT2D eigenvalue weighted by molar-refractivity contribution is 0.0948. The second-order valence-electron chi connectivity index (χ2n) is 6.45. The second-order valence-corrected chi connectivity index (χ2v) is 6.45. The Labute approximate surface area is 171 Å². The van der Waals surface area contributed by atoms with Crippen LogP contribution in [0.3, 0.4) is 0 Å². The maximum atomic E-state index is 13.1. The van der Waals surface area contributed by atoms with E-state index in [1.165, 1.54) is 18.0 Å². The van der Waals surface area contributed by atoms with E-state index in [2.05, 4.69) is 10.3 Å². The van der Waals surface area contributed by atoms with E-state index in [9.17, 15) is 9.59 Å². The van der Waals surface area contributed by atoms with E-state index in [0.29, 0.717) is 39.4 Å². The molecule has 4 aromatic rings. The lowest BCUT2D eigenvalue weighted by atomic mass is 10.1. The van der Waals surface area contributed by atoms with Crippen LogP contribution in [-0.2, 0) is 6.54 Å². The minimum Gasteiger partial charge on any atom is -0.497 e. The molecule has 0 saturated heterocycles. The van der Waals surface area contributed by atoms with Gasteiger partial charge in [0.25, 0.3) is 11.5 Å². The van der Waals surface area contributed by atoms with Crippen LogP contribution in [0.25, 0.3) is 16.6 Å². The van der Waals surface area contributed by atoms with Gasteiger partial charge in [0.15, 0.2) is 0 Å². The van der Waals surface area contributed by atoms with Gasteiger partial charge in [-0.05, 0) is 42.5 Å². The highest BCUT2D eigenvalue weighted by Crippen LogP contribution is 2.26. The number of methoxy groups -OCH3 is 2. The summed E-state index contributed by atoms with van der Waals surface area (Å²) in [7, 11) is 3.07. The highest BCUT2D eigenvalue weighted by molar-refractivity contribution is 5.97. The number of fused-ring (bicyclic) bond motifs is 1. The quantitative estimate of drug-likeness (QED) is 0.530. The zero-order valence-electron chi connectivity index (χ0n) is 16.4. The van der Waals surface area contributed by atoms with E-state index in [1.807, 2.05) is 0 Å². The molecule has 2 aromatic heterocycles. The van der Waals surface area contributed by atoms with Gasteiger partial charge in [0.1, 0.15) is 23.6 Å². The fourth-order valence-corrected chi connectivity index (χ4v) is 3.10. The molecule has 0 aliphatic rings. The van der Waals surface area contributed by atoms with Crippen molar-refractivity contribution in [2.24, 2.45) is 0 Å². The van der Waals surface area contributed by atoms with Crippen LogP contribution in [0.4, 0.5) is 0 Å². The van der Waals surface area contributed by atoms with E-state index < -0.39 is 0 Å². The largest absolute Gasteiger partial charge is 0.497 e. The van der Waals surface area contributed by atoms with Crippen molar-refractivity contribution in [3.05, 3.63) is 82.8 Å². The number of ether oxygens (including phenoxy) is 2. The molecule has 152 valence electrons. The molecule has 1 amide bonds. The van der Waals surface area contributed by atoms with Crippen LogP contribution in [-0.4, -0.2) is 29.7 Å². The van der Waals surface area contributed by atoms with Crippen LogP contribution in [0.5, 0.6) is 11.5 Å². The van der Waals surface area contributed by atoms with Gasteiger partial charge >= 0.3 is 0 Å². The van der Waals surface area contributed by atoms with Crippen molar-refractivity contribution in [3.8, 4) is 17.2 Å². The second kappa shape index (κ2) is 8.12. The molecule has 2 heterocycles. The molecule has 8 heteroatoms. The molecule has 1 N–H and O–H groups in total. The molecule has 0 unspecified atom stereocenters. The lowest BCUT2D eigenvalue weighted by Crippen LogP contribution is -2.23. The fraction of sp³-hybridized carbons (Fsp3) is 0.136. The summed E-state index contributed by atoms with van der Waals surface area (Å²) in [4.78, 5) is 29.9. The summed E-state index contributed by atoms with van der Waals surface area (Å²) in [5, 5.41) is 3.15. The van der Waals surface area contributed by atoms with Crippen molar-refractivity contribution < 1.29 is 18.7 Å². The third-order valence-corrected chi connectivity index (χ3v) is 4.67. The van der Waals surface area contributed by atoms with Crippen LogP contribution in [0.2, 0.25) is 0 Å². The van der Waals surface area contributed by atoms with Gasteiger partial charge in [-0.15, -0.1) is 0 Å². The maximum absolute atomic E-state index is 13.1. The van der Waals surface area contributed by atoms with Crippen LogP contribution < -0.4 is 20.3 Å². The van der Waals surface area contributed by atoms with Gasteiger partial charge in [0, 0.05) is 11.6 Å². The number of benzene rings is 2. The average molecular weight is 405 g/mol. The van der Waals surface area contributed by atoms with Crippen molar-refractivity contribution in [3.63, 3.8) is 0 Å². The number of rotatable bonds is 6. The Morgan fingerprint density at radius 2 is 2.00 bits per heavy atom. The normalized spacial score (nSPS) is 10.7. The Morgan fingerprint density at radius 1 is 1.13 bits per heavy atom. The third kappa shape index (κ3) is 3.62. The molecule has 4 rings (SSSR count). The summed E-state index contributed by atoms with van der Waals surface area (Å²) in [6, 6.07) is 13.5. The van der Waals surface area contributed by atoms with Crippen LogP contribution >= 0.6 is 0 Å². The van der Waals surface area contributed by atoms with Crippen molar-refractivity contribution in [1.82, 2.24) is 14.9 Å². The highest BCUT2D eigenvalue weighted by Gasteiger charge is 2.14. The first-order valence-electron chi connectivity index (χ1n) is 9.15. The summed E-state index contributed by atoms with van der Waals surface area (Å²) in [6.07, 6.45) is 2.95. The average Bonchev–Trinajstić information content (AvgIpc) is 3.31. The monoisotopic (exact) mass is 405 g/mol. The van der Waals surface area contributed by atoms with Gasteiger partial charge < -0.3 is 19.2 Å². The van der Waals surface area contributed by atoms with E-state index in [1.54, 1.807) is 61.9 Å². The Hall–Kier alpha value is -4.07. The van der Waals surface area contributed by atoms with E-state index in [4.69, 9.17) is 13.9 Å². The molecule has 0 fully saturated rings. The molecule has 30 heavy (non-hydrogen) atoms. The smallest absolute Gasteiger partial charge is 0.265 e. The zero-order valence-corrected chi connectivity index (χ0v) is 16.4. The number of amides is 1. The van der Waals surface area contributed by atoms with Gasteiger partial charge in [0.2, 0.25) is 0 Å². The summed E-state index contributed by atoms with van der Waals surface area (Å²) < 4.78 is 17.2. The van der Waals surface area contributed by atoms with Crippen LogP contribution in [0.1, 0.15) is 16.1 Å². The van der Waals surface area contributed by atoms with E-state index in [0.717, 1.165) is 0 Å². The first-order valence-corrected chi connectivity index (χ1v) is 9.15. The van der Waals surface area contributed by atoms with Gasteiger partial charge in [0.05, 0.1) is 43.6 Å². The Kier molecular flexibility index (Phi) is 5.21. The van der Waals surface area contributed by atoms with Crippen molar-refractivity contribution in [1.29, 1.82) is 0 Å². The van der Waals surface area contributed by atoms with Gasteiger partial charge in [-0.2, -0.15) is 0 Å². The molecule has 0 bridgehead atoms. The standard InChI is InChI=1S/C22H19N3O5/c1-28-15-6-8-20(29-2)19(11-15)25-13-24-18-10-14(5-7-17(18)22(25)27)21(26)23-12-16-4-3-9-30-16/h3-11,13H,12H2,1-2H3,(H,23,26). The van der Waals surface area contributed by atoms with Crippen LogP contribution in [0, 0.1) is 0 Å². The topological polar surface area (TPSA) is 95.6 Å². The molecule has 0 aliphatic carbocycles. The lowest BCUT2D eigenvalue weighted by Gasteiger charge is -2.13. The Bertz CT molecular complexity index is 1260. The van der Waals surface area contributed by atoms with Gasteiger partial charge in [-0.3, -0.25) is 14.2 Å². The minimum absolute atomic E-state index is 0.272. The first kappa shape index (κ1) is 19.3. The molecule has 0 spiro atoms. The maximum Gasteiger partial charge on any atom is 0.265 e. The molecular formula is C22H19N3O5. The van der Waals surface area contributed by atoms with E-state index in [-0.39, 0.29) is 18.0 Å². The predicted octanol–water partition coefficient (Wildman–Crippen LogP) is 2.93. The number of aromatic nitrogens is 2.